The first-order valence-corrected chi connectivity index (χ1v) is 10.6. The van der Waals surface area contributed by atoms with Crippen molar-refractivity contribution in [3.63, 3.8) is 0 Å². The van der Waals surface area contributed by atoms with Gasteiger partial charge >= 0.3 is 0 Å². The van der Waals surface area contributed by atoms with Crippen LogP contribution >= 0.6 is 11.3 Å². The van der Waals surface area contributed by atoms with Crippen LogP contribution in [0.25, 0.3) is 31.6 Å². The van der Waals surface area contributed by atoms with Gasteiger partial charge in [0.15, 0.2) is 5.75 Å². The highest BCUT2D eigenvalue weighted by Crippen LogP contribution is 2.52. The van der Waals surface area contributed by atoms with Gasteiger partial charge in [-0.15, -0.1) is 11.3 Å². The molecule has 3 nitrogen and oxygen atoms in total. The Labute approximate surface area is 177 Å². The van der Waals surface area contributed by atoms with E-state index in [0.29, 0.717) is 5.57 Å². The minimum atomic E-state index is -0.271. The van der Waals surface area contributed by atoms with E-state index in [9.17, 15) is 5.26 Å². The summed E-state index contributed by atoms with van der Waals surface area (Å²) in [7, 11) is 0. The molecule has 1 atom stereocenters. The molecule has 6 rings (SSSR count). The van der Waals surface area contributed by atoms with Crippen LogP contribution in [0, 0.1) is 11.3 Å². The van der Waals surface area contributed by atoms with Gasteiger partial charge in [-0.05, 0) is 45.3 Å². The van der Waals surface area contributed by atoms with Crippen LogP contribution in [0.2, 0.25) is 0 Å². The van der Waals surface area contributed by atoms with Gasteiger partial charge in [0.1, 0.15) is 11.6 Å². The van der Waals surface area contributed by atoms with E-state index < -0.39 is 0 Å². The second-order valence-electron chi connectivity index (χ2n) is 7.45. The van der Waals surface area contributed by atoms with Crippen LogP contribution in [-0.2, 0) is 0 Å². The highest BCUT2D eigenvalue weighted by molar-refractivity contribution is 7.19. The zero-order valence-electron chi connectivity index (χ0n) is 15.9. The smallest absolute Gasteiger partial charge is 0.205 e. The first kappa shape index (κ1) is 17.1. The zero-order chi connectivity index (χ0) is 20.2. The van der Waals surface area contributed by atoms with Gasteiger partial charge in [0.05, 0.1) is 10.8 Å². The molecule has 0 radical (unpaired) electrons. The Morgan fingerprint density at radius 2 is 1.43 bits per heavy atom. The molecule has 0 amide bonds. The summed E-state index contributed by atoms with van der Waals surface area (Å²) in [5.41, 5.74) is 7.89. The Hall–Kier alpha value is -3.81. The standard InChI is InChI=1S/C26H16N2OS/c27-14-20-23(25-24(29-26(20)28)19-11-5-6-12-21(19)30-25)22-17-9-3-1-7-15(17)13-16-8-2-4-10-18(16)22/h1-13,23H,28H2. The Morgan fingerprint density at radius 1 is 0.833 bits per heavy atom. The van der Waals surface area contributed by atoms with E-state index >= 15 is 0 Å². The van der Waals surface area contributed by atoms with Crippen molar-refractivity contribution >= 4 is 43.0 Å². The van der Waals surface area contributed by atoms with E-state index in [0.717, 1.165) is 47.8 Å². The molecule has 4 heteroatoms. The van der Waals surface area contributed by atoms with Crippen molar-refractivity contribution in [3.8, 4) is 11.8 Å². The van der Waals surface area contributed by atoms with Crippen LogP contribution in [0.5, 0.6) is 5.75 Å². The highest BCUT2D eigenvalue weighted by atomic mass is 32.1. The van der Waals surface area contributed by atoms with E-state index in [4.69, 9.17) is 10.5 Å². The van der Waals surface area contributed by atoms with E-state index in [1.165, 1.54) is 0 Å². The molecule has 5 aromatic rings. The Kier molecular flexibility index (Phi) is 3.61. The SMILES string of the molecule is N#CC1=C(N)Oc2c(sc3ccccc23)C1c1c2ccccc2cc2ccccc12. The average Bonchev–Trinajstić information content (AvgIpc) is 3.15. The minimum absolute atomic E-state index is 0.190. The Balaban J connectivity index is 1.79. The van der Waals surface area contributed by atoms with Crippen LogP contribution < -0.4 is 10.5 Å². The van der Waals surface area contributed by atoms with Crippen molar-refractivity contribution in [1.82, 2.24) is 0 Å². The molecule has 142 valence electrons. The Morgan fingerprint density at radius 3 is 2.10 bits per heavy atom. The van der Waals surface area contributed by atoms with Crippen LogP contribution in [0.3, 0.4) is 0 Å². The number of hydrogen-bond acceptors (Lipinski definition) is 4. The van der Waals surface area contributed by atoms with Crippen molar-refractivity contribution in [2.24, 2.45) is 5.73 Å². The number of fused-ring (bicyclic) bond motifs is 5. The van der Waals surface area contributed by atoms with Gasteiger partial charge in [-0.3, -0.25) is 0 Å². The van der Waals surface area contributed by atoms with E-state index in [-0.39, 0.29) is 11.8 Å². The number of hydrogen-bond donors (Lipinski definition) is 1. The maximum absolute atomic E-state index is 10.1. The average molecular weight is 404 g/mol. The number of nitriles is 1. The molecular formula is C26H16N2OS. The summed E-state index contributed by atoms with van der Waals surface area (Å²) in [6.07, 6.45) is 0. The summed E-state index contributed by atoms with van der Waals surface area (Å²) in [4.78, 5) is 1.03. The summed E-state index contributed by atoms with van der Waals surface area (Å²) in [5, 5.41) is 15.7. The quantitative estimate of drug-likeness (QED) is 0.328. The second kappa shape index (κ2) is 6.35. The van der Waals surface area contributed by atoms with Gasteiger partial charge in [-0.25, -0.2) is 0 Å². The van der Waals surface area contributed by atoms with Crippen LogP contribution in [0.4, 0.5) is 0 Å². The molecule has 30 heavy (non-hydrogen) atoms. The van der Waals surface area contributed by atoms with Gasteiger partial charge in [0.2, 0.25) is 5.88 Å². The topological polar surface area (TPSA) is 59.0 Å². The molecule has 2 heterocycles. The number of allylic oxidation sites excluding steroid dienone is 1. The van der Waals surface area contributed by atoms with E-state index in [2.05, 4.69) is 42.5 Å². The number of thiophene rings is 1. The van der Waals surface area contributed by atoms with Crippen molar-refractivity contribution in [2.45, 2.75) is 5.92 Å². The molecule has 0 saturated carbocycles. The zero-order valence-corrected chi connectivity index (χ0v) is 16.7. The summed E-state index contributed by atoms with van der Waals surface area (Å²) >= 11 is 1.68. The summed E-state index contributed by atoms with van der Waals surface area (Å²) in [6, 6.07) is 29.4. The predicted molar refractivity (Wildman–Crippen MR) is 123 cm³/mol. The monoisotopic (exact) mass is 404 g/mol. The molecule has 4 aromatic carbocycles. The van der Waals surface area contributed by atoms with Crippen LogP contribution in [-0.4, -0.2) is 0 Å². The number of ether oxygens (including phenoxy) is 1. The van der Waals surface area contributed by atoms with Gasteiger partial charge in [-0.1, -0.05) is 60.7 Å². The summed E-state index contributed by atoms with van der Waals surface area (Å²) in [6.45, 7) is 0. The van der Waals surface area contributed by atoms with E-state index in [1.807, 2.05) is 42.5 Å². The fourth-order valence-electron chi connectivity index (χ4n) is 4.53. The summed E-state index contributed by atoms with van der Waals surface area (Å²) < 4.78 is 7.14. The molecule has 1 aliphatic heterocycles. The largest absolute Gasteiger partial charge is 0.439 e. The molecule has 0 aliphatic carbocycles. The van der Waals surface area contributed by atoms with Crippen LogP contribution in [0.1, 0.15) is 16.4 Å². The first-order valence-electron chi connectivity index (χ1n) is 9.75. The lowest BCUT2D eigenvalue weighted by atomic mass is 9.82. The lowest BCUT2D eigenvalue weighted by Crippen LogP contribution is -2.20. The molecule has 1 unspecified atom stereocenters. The molecule has 2 N–H and O–H groups in total. The third kappa shape index (κ3) is 2.30. The third-order valence-electron chi connectivity index (χ3n) is 5.83. The van der Waals surface area contributed by atoms with Crippen molar-refractivity contribution in [2.75, 3.05) is 0 Å². The summed E-state index contributed by atoms with van der Waals surface area (Å²) in [5.74, 6) is 0.692. The molecule has 0 bridgehead atoms. The normalized spacial score (nSPS) is 15.9. The molecule has 1 aliphatic rings. The van der Waals surface area contributed by atoms with Crippen LogP contribution in [0.15, 0.2) is 90.3 Å². The number of nitrogens with two attached hydrogens (primary N) is 1. The van der Waals surface area contributed by atoms with Gasteiger partial charge < -0.3 is 10.5 Å². The lowest BCUT2D eigenvalue weighted by Gasteiger charge is -2.26. The van der Waals surface area contributed by atoms with Crippen molar-refractivity contribution in [3.05, 3.63) is 101 Å². The number of benzene rings is 4. The van der Waals surface area contributed by atoms with Gasteiger partial charge in [-0.2, -0.15) is 5.26 Å². The van der Waals surface area contributed by atoms with Gasteiger partial charge in [0, 0.05) is 10.1 Å². The van der Waals surface area contributed by atoms with Crippen molar-refractivity contribution in [1.29, 1.82) is 5.26 Å². The molecule has 0 saturated heterocycles. The molecule has 0 fully saturated rings. The number of rotatable bonds is 1. The fourth-order valence-corrected chi connectivity index (χ4v) is 5.78. The fraction of sp³-hybridized carbons (Fsp3) is 0.0385. The van der Waals surface area contributed by atoms with Gasteiger partial charge in [0.25, 0.3) is 0 Å². The maximum atomic E-state index is 10.1. The maximum Gasteiger partial charge on any atom is 0.205 e. The minimum Gasteiger partial charge on any atom is -0.439 e. The highest BCUT2D eigenvalue weighted by Gasteiger charge is 2.35. The van der Waals surface area contributed by atoms with Crippen molar-refractivity contribution < 1.29 is 4.74 Å². The third-order valence-corrected chi connectivity index (χ3v) is 7.04. The second-order valence-corrected chi connectivity index (χ2v) is 8.53. The lowest BCUT2D eigenvalue weighted by molar-refractivity contribution is 0.402. The molecular weight excluding hydrogens is 388 g/mol. The molecule has 1 aromatic heterocycles. The first-order chi connectivity index (χ1) is 14.8. The predicted octanol–water partition coefficient (Wildman–Crippen LogP) is 6.43. The molecule has 0 spiro atoms. The Bertz CT molecular complexity index is 1500. The number of nitrogens with zero attached hydrogens (tertiary/aromatic N) is 1. The van der Waals surface area contributed by atoms with E-state index in [1.54, 1.807) is 11.3 Å².